The molecule has 3 amide bonds. The Bertz CT molecular complexity index is 518. The molecule has 5 nitrogen and oxygen atoms in total. The number of carbonyl (C=O) groups is 2. The summed E-state index contributed by atoms with van der Waals surface area (Å²) in [5, 5.41) is 2.90. The smallest absolute Gasteiger partial charge is 0.321 e. The molecule has 1 aliphatic heterocycles. The van der Waals surface area contributed by atoms with E-state index >= 15 is 0 Å². The zero-order chi connectivity index (χ0) is 15.4. The summed E-state index contributed by atoms with van der Waals surface area (Å²) in [6.07, 6.45) is 1.24. The van der Waals surface area contributed by atoms with Crippen LogP contribution in [0.1, 0.15) is 19.8 Å². The number of carbonyl (C=O) groups excluding carboxylic acids is 2. The van der Waals surface area contributed by atoms with Gasteiger partial charge in [-0.2, -0.15) is 0 Å². The van der Waals surface area contributed by atoms with E-state index in [9.17, 15) is 14.0 Å². The Morgan fingerprint density at radius 3 is 2.67 bits per heavy atom. The molecule has 1 fully saturated rings. The average molecular weight is 293 g/mol. The summed E-state index contributed by atoms with van der Waals surface area (Å²) in [5.74, 6) is -0.226. The minimum Gasteiger partial charge on any atom is -0.341 e. The molecule has 0 radical (unpaired) electrons. The molecule has 0 aliphatic carbocycles. The highest BCUT2D eigenvalue weighted by atomic mass is 19.1. The Morgan fingerprint density at radius 1 is 1.38 bits per heavy atom. The van der Waals surface area contributed by atoms with Gasteiger partial charge in [-0.3, -0.25) is 9.69 Å². The first kappa shape index (κ1) is 15.3. The molecule has 1 N–H and O–H groups in total. The van der Waals surface area contributed by atoms with Crippen LogP contribution in [-0.2, 0) is 4.79 Å². The Labute approximate surface area is 123 Å². The summed E-state index contributed by atoms with van der Waals surface area (Å²) < 4.78 is 12.9. The van der Waals surface area contributed by atoms with Crippen molar-refractivity contribution in [2.45, 2.75) is 25.8 Å². The van der Waals surface area contributed by atoms with Crippen LogP contribution in [0.4, 0.5) is 14.9 Å². The van der Waals surface area contributed by atoms with Crippen LogP contribution in [0, 0.1) is 5.82 Å². The van der Waals surface area contributed by atoms with E-state index < -0.39 is 0 Å². The first-order valence-electron chi connectivity index (χ1n) is 7.08. The number of likely N-dealkylation sites (tertiary alicyclic amines) is 1. The number of halogens is 1. The molecule has 0 aromatic heterocycles. The lowest BCUT2D eigenvalue weighted by Crippen LogP contribution is -2.44. The summed E-state index contributed by atoms with van der Waals surface area (Å²) in [5.41, 5.74) is 0.619. The van der Waals surface area contributed by atoms with Crippen LogP contribution in [-0.4, -0.2) is 43.0 Å². The van der Waals surface area contributed by atoms with E-state index in [1.165, 1.54) is 17.0 Å². The van der Waals surface area contributed by atoms with E-state index in [2.05, 4.69) is 5.32 Å². The van der Waals surface area contributed by atoms with Gasteiger partial charge in [-0.25, -0.2) is 9.18 Å². The lowest BCUT2D eigenvalue weighted by atomic mass is 10.2. The minimum absolute atomic E-state index is 0.0316. The number of anilines is 1. The molecule has 0 unspecified atom stereocenters. The third kappa shape index (κ3) is 3.71. The highest BCUT2D eigenvalue weighted by Crippen LogP contribution is 2.15. The molecule has 2 rings (SSSR count). The molecule has 0 bridgehead atoms. The Hall–Kier alpha value is -2.11. The zero-order valence-corrected chi connectivity index (χ0v) is 12.3. The van der Waals surface area contributed by atoms with Crippen LogP contribution >= 0.6 is 0 Å². The van der Waals surface area contributed by atoms with E-state index in [0.29, 0.717) is 25.2 Å². The minimum atomic E-state index is -0.336. The van der Waals surface area contributed by atoms with Crippen LogP contribution in [0.25, 0.3) is 0 Å². The maximum Gasteiger partial charge on any atom is 0.321 e. The molecule has 1 aromatic rings. The van der Waals surface area contributed by atoms with Crippen molar-refractivity contribution >= 4 is 17.6 Å². The monoisotopic (exact) mass is 293 g/mol. The molecule has 6 heteroatoms. The van der Waals surface area contributed by atoms with Gasteiger partial charge < -0.3 is 10.2 Å². The van der Waals surface area contributed by atoms with E-state index in [1.54, 1.807) is 24.1 Å². The van der Waals surface area contributed by atoms with Crippen molar-refractivity contribution in [3.8, 4) is 0 Å². The van der Waals surface area contributed by atoms with Gasteiger partial charge in [0.15, 0.2) is 0 Å². The van der Waals surface area contributed by atoms with Crippen molar-refractivity contribution in [3.63, 3.8) is 0 Å². The lowest BCUT2D eigenvalue weighted by molar-refractivity contribution is -0.129. The van der Waals surface area contributed by atoms with Crippen molar-refractivity contribution in [2.24, 2.45) is 0 Å². The summed E-state index contributed by atoms with van der Waals surface area (Å²) in [6, 6.07) is 5.45. The molecule has 1 aliphatic rings. The highest BCUT2D eigenvalue weighted by Gasteiger charge is 2.27. The Kier molecular flexibility index (Phi) is 4.77. The van der Waals surface area contributed by atoms with Gasteiger partial charge in [-0.05, 0) is 30.7 Å². The predicted octanol–water partition coefficient (Wildman–Crippen LogP) is 1.98. The van der Waals surface area contributed by atoms with Gasteiger partial charge in [0.1, 0.15) is 5.82 Å². The van der Waals surface area contributed by atoms with E-state index in [1.807, 2.05) is 6.92 Å². The summed E-state index contributed by atoms with van der Waals surface area (Å²) in [4.78, 5) is 26.9. The SMILES string of the molecule is CCC(=O)N1CC[C@@H](NC(=O)N(C)c2ccc(F)cc2)C1. The molecule has 1 atom stereocenters. The van der Waals surface area contributed by atoms with Crippen LogP contribution < -0.4 is 10.2 Å². The van der Waals surface area contributed by atoms with Crippen LogP contribution in [0.2, 0.25) is 0 Å². The summed E-state index contributed by atoms with van der Waals surface area (Å²) in [7, 11) is 1.63. The predicted molar refractivity (Wildman–Crippen MR) is 78.6 cm³/mol. The van der Waals surface area contributed by atoms with Crippen molar-refractivity contribution in [2.75, 3.05) is 25.0 Å². The molecular weight excluding hydrogens is 273 g/mol. The van der Waals surface area contributed by atoms with Crippen LogP contribution in [0.15, 0.2) is 24.3 Å². The van der Waals surface area contributed by atoms with Crippen molar-refractivity contribution < 1.29 is 14.0 Å². The number of nitrogens with zero attached hydrogens (tertiary/aromatic N) is 2. The molecule has 114 valence electrons. The van der Waals surface area contributed by atoms with Crippen LogP contribution in [0.3, 0.4) is 0 Å². The Balaban J connectivity index is 1.90. The van der Waals surface area contributed by atoms with Gasteiger partial charge in [0, 0.05) is 38.3 Å². The number of benzene rings is 1. The van der Waals surface area contributed by atoms with Crippen molar-refractivity contribution in [3.05, 3.63) is 30.1 Å². The van der Waals surface area contributed by atoms with Gasteiger partial charge in [-0.15, -0.1) is 0 Å². The fraction of sp³-hybridized carbons (Fsp3) is 0.467. The third-order valence-electron chi connectivity index (χ3n) is 3.69. The van der Waals surface area contributed by atoms with Gasteiger partial charge in [0.25, 0.3) is 0 Å². The van der Waals surface area contributed by atoms with E-state index in [0.717, 1.165) is 6.42 Å². The van der Waals surface area contributed by atoms with Gasteiger partial charge >= 0.3 is 6.03 Å². The molecule has 1 saturated heterocycles. The number of hydrogen-bond acceptors (Lipinski definition) is 2. The van der Waals surface area contributed by atoms with Gasteiger partial charge in [0.05, 0.1) is 0 Å². The topological polar surface area (TPSA) is 52.7 Å². The fourth-order valence-corrected chi connectivity index (χ4v) is 2.38. The third-order valence-corrected chi connectivity index (χ3v) is 3.69. The first-order chi connectivity index (χ1) is 10.0. The molecule has 0 spiro atoms. The molecule has 1 heterocycles. The number of nitrogens with one attached hydrogen (secondary N) is 1. The van der Waals surface area contributed by atoms with Crippen molar-refractivity contribution in [1.29, 1.82) is 0 Å². The largest absolute Gasteiger partial charge is 0.341 e. The van der Waals surface area contributed by atoms with Gasteiger partial charge in [-0.1, -0.05) is 6.92 Å². The molecule has 21 heavy (non-hydrogen) atoms. The average Bonchev–Trinajstić information content (AvgIpc) is 2.95. The molecule has 1 aromatic carbocycles. The Morgan fingerprint density at radius 2 is 2.05 bits per heavy atom. The number of amides is 3. The number of hydrogen-bond donors (Lipinski definition) is 1. The zero-order valence-electron chi connectivity index (χ0n) is 12.3. The van der Waals surface area contributed by atoms with Crippen molar-refractivity contribution in [1.82, 2.24) is 10.2 Å². The second-order valence-electron chi connectivity index (χ2n) is 5.16. The maximum absolute atomic E-state index is 12.9. The normalized spacial score (nSPS) is 17.7. The van der Waals surface area contributed by atoms with Crippen LogP contribution in [0.5, 0.6) is 0 Å². The lowest BCUT2D eigenvalue weighted by Gasteiger charge is -2.21. The van der Waals surface area contributed by atoms with E-state index in [4.69, 9.17) is 0 Å². The second kappa shape index (κ2) is 6.56. The van der Waals surface area contributed by atoms with Gasteiger partial charge in [0.2, 0.25) is 5.91 Å². The highest BCUT2D eigenvalue weighted by molar-refractivity contribution is 5.91. The fourth-order valence-electron chi connectivity index (χ4n) is 2.38. The first-order valence-corrected chi connectivity index (χ1v) is 7.08. The van der Waals surface area contributed by atoms with E-state index in [-0.39, 0.29) is 23.8 Å². The molecule has 0 saturated carbocycles. The summed E-state index contributed by atoms with van der Waals surface area (Å²) >= 11 is 0. The standard InChI is InChI=1S/C15H20FN3O2/c1-3-14(20)19-9-8-12(10-19)17-15(21)18(2)13-6-4-11(16)5-7-13/h4-7,12H,3,8-10H2,1-2H3,(H,17,21)/t12-/m1/s1. The maximum atomic E-state index is 12.9. The molecular formula is C15H20FN3O2. The quantitative estimate of drug-likeness (QED) is 0.926. The number of urea groups is 1. The number of rotatable bonds is 3. The summed E-state index contributed by atoms with van der Waals surface area (Å²) in [6.45, 7) is 3.06. The second-order valence-corrected chi connectivity index (χ2v) is 5.16.